The van der Waals surface area contributed by atoms with Crippen molar-refractivity contribution in [1.82, 2.24) is 0 Å². The highest BCUT2D eigenvalue weighted by Crippen LogP contribution is 2.37. The predicted octanol–water partition coefficient (Wildman–Crippen LogP) is 6.44. The van der Waals surface area contributed by atoms with Gasteiger partial charge in [0.15, 0.2) is 10.9 Å². The summed E-state index contributed by atoms with van der Waals surface area (Å²) in [5.74, 6) is -0.484. The molecule has 10 heteroatoms. The van der Waals surface area contributed by atoms with Gasteiger partial charge in [0, 0.05) is 5.69 Å². The third kappa shape index (κ3) is 5.95. The molecule has 1 N–H and O–H groups in total. The van der Waals surface area contributed by atoms with E-state index < -0.39 is 24.3 Å². The average molecular weight is 529 g/mol. The largest absolute Gasteiger partial charge is 0.484 e. The van der Waals surface area contributed by atoms with Crippen LogP contribution in [0.2, 0.25) is 0 Å². The van der Waals surface area contributed by atoms with Crippen molar-refractivity contribution < 1.29 is 27.5 Å². The van der Waals surface area contributed by atoms with Gasteiger partial charge in [-0.15, -0.1) is 0 Å². The number of para-hydroxylation sites is 1. The minimum atomic E-state index is -4.51. The number of hydrogen-bond acceptors (Lipinski definition) is 5. The maximum absolute atomic E-state index is 13.0. The summed E-state index contributed by atoms with van der Waals surface area (Å²) in [7, 11) is 0. The van der Waals surface area contributed by atoms with Crippen molar-refractivity contribution in [2.75, 3.05) is 16.8 Å². The van der Waals surface area contributed by atoms with Crippen LogP contribution < -0.4 is 15.0 Å². The van der Waals surface area contributed by atoms with Crippen molar-refractivity contribution in [1.29, 1.82) is 0 Å². The van der Waals surface area contributed by atoms with Crippen LogP contribution in [0.1, 0.15) is 16.7 Å². The van der Waals surface area contributed by atoms with Gasteiger partial charge in [-0.1, -0.05) is 60.4 Å². The van der Waals surface area contributed by atoms with Gasteiger partial charge >= 0.3 is 6.18 Å². The van der Waals surface area contributed by atoms with Crippen molar-refractivity contribution in [2.24, 2.45) is 0 Å². The van der Waals surface area contributed by atoms with Gasteiger partial charge in [0.25, 0.3) is 11.8 Å². The molecule has 5 nitrogen and oxygen atoms in total. The third-order valence-electron chi connectivity index (χ3n) is 5.15. The summed E-state index contributed by atoms with van der Waals surface area (Å²) >= 11 is 6.62. The lowest BCUT2D eigenvalue weighted by atomic mass is 10.1. The Morgan fingerprint density at radius 1 is 1.08 bits per heavy atom. The van der Waals surface area contributed by atoms with E-state index in [1.54, 1.807) is 30.3 Å². The summed E-state index contributed by atoms with van der Waals surface area (Å²) < 4.78 is 44.5. The number of anilines is 2. The van der Waals surface area contributed by atoms with Crippen molar-refractivity contribution in [3.05, 3.63) is 94.4 Å². The highest BCUT2D eigenvalue weighted by Gasteiger charge is 2.34. The Morgan fingerprint density at radius 2 is 1.83 bits per heavy atom. The lowest BCUT2D eigenvalue weighted by molar-refractivity contribution is -0.137. The zero-order valence-corrected chi connectivity index (χ0v) is 20.5. The lowest BCUT2D eigenvalue weighted by Gasteiger charge is -2.16. The van der Waals surface area contributed by atoms with E-state index in [0.717, 1.165) is 23.4 Å². The Morgan fingerprint density at radius 3 is 2.58 bits per heavy atom. The summed E-state index contributed by atoms with van der Waals surface area (Å²) in [6.45, 7) is 1.50. The van der Waals surface area contributed by atoms with E-state index in [4.69, 9.17) is 17.0 Å². The fourth-order valence-corrected chi connectivity index (χ4v) is 4.74. The highest BCUT2D eigenvalue weighted by molar-refractivity contribution is 8.27. The number of carbonyl (C=O) groups is 2. The zero-order chi connectivity index (χ0) is 25.9. The molecular weight excluding hydrogens is 509 g/mol. The maximum Gasteiger partial charge on any atom is 0.416 e. The maximum atomic E-state index is 13.0. The summed E-state index contributed by atoms with van der Waals surface area (Å²) in [6, 6.07) is 18.6. The van der Waals surface area contributed by atoms with E-state index in [1.807, 2.05) is 31.2 Å². The molecule has 0 saturated carbocycles. The first-order valence-electron chi connectivity index (χ1n) is 10.7. The second-order valence-corrected chi connectivity index (χ2v) is 9.47. The first-order valence-corrected chi connectivity index (χ1v) is 11.9. The van der Waals surface area contributed by atoms with Crippen LogP contribution in [0.15, 0.2) is 77.7 Å². The molecule has 0 atom stereocenters. The molecular formula is C26H19F3N2O3S2. The number of amides is 2. The molecule has 1 fully saturated rings. The van der Waals surface area contributed by atoms with E-state index in [2.05, 4.69) is 5.32 Å². The number of carbonyl (C=O) groups excluding carboxylic acids is 2. The fraction of sp³-hybridized carbons (Fsp3) is 0.115. The van der Waals surface area contributed by atoms with Crippen LogP contribution in [-0.4, -0.2) is 22.7 Å². The van der Waals surface area contributed by atoms with Gasteiger partial charge in [-0.3, -0.25) is 14.5 Å². The van der Waals surface area contributed by atoms with E-state index in [-0.39, 0.29) is 11.6 Å². The second kappa shape index (κ2) is 10.5. The smallest absolute Gasteiger partial charge is 0.416 e. The lowest BCUT2D eigenvalue weighted by Crippen LogP contribution is -2.28. The van der Waals surface area contributed by atoms with Crippen LogP contribution in [-0.2, 0) is 15.8 Å². The number of nitrogens with zero attached hydrogens (tertiary/aromatic N) is 1. The van der Waals surface area contributed by atoms with Crippen molar-refractivity contribution in [3.63, 3.8) is 0 Å². The van der Waals surface area contributed by atoms with Gasteiger partial charge in [0.05, 0.1) is 16.2 Å². The van der Waals surface area contributed by atoms with E-state index >= 15 is 0 Å². The molecule has 0 aliphatic carbocycles. The number of hydrogen-bond donors (Lipinski definition) is 1. The van der Waals surface area contributed by atoms with Crippen molar-refractivity contribution in [2.45, 2.75) is 13.1 Å². The Balaban J connectivity index is 1.41. The second-order valence-electron chi connectivity index (χ2n) is 7.79. The summed E-state index contributed by atoms with van der Waals surface area (Å²) in [5.41, 5.74) is 1.47. The van der Waals surface area contributed by atoms with Crippen molar-refractivity contribution >= 4 is 57.6 Å². The summed E-state index contributed by atoms with van der Waals surface area (Å²) in [6.07, 6.45) is -2.82. The highest BCUT2D eigenvalue weighted by atomic mass is 32.2. The first-order chi connectivity index (χ1) is 17.1. The Kier molecular flexibility index (Phi) is 7.46. The number of aryl methyl sites for hydroxylation is 1. The number of benzene rings is 3. The molecule has 0 unspecified atom stereocenters. The molecule has 0 bridgehead atoms. The summed E-state index contributed by atoms with van der Waals surface area (Å²) in [5, 5.41) is 2.39. The normalized spacial score (nSPS) is 14.9. The molecule has 2 amide bonds. The van der Waals surface area contributed by atoms with Crippen LogP contribution in [0.4, 0.5) is 24.5 Å². The summed E-state index contributed by atoms with van der Waals surface area (Å²) in [4.78, 5) is 27.2. The number of thiocarbonyl (C=S) groups is 1. The molecule has 4 rings (SSSR count). The zero-order valence-electron chi connectivity index (χ0n) is 18.8. The molecule has 1 saturated heterocycles. The number of thioether (sulfide) groups is 1. The predicted molar refractivity (Wildman–Crippen MR) is 139 cm³/mol. The van der Waals surface area contributed by atoms with Gasteiger partial charge in [0.2, 0.25) is 0 Å². The van der Waals surface area contributed by atoms with Crippen LogP contribution in [0.5, 0.6) is 5.75 Å². The first kappa shape index (κ1) is 25.5. The van der Waals surface area contributed by atoms with Crippen LogP contribution >= 0.6 is 24.0 Å². The number of halogens is 3. The minimum Gasteiger partial charge on any atom is -0.484 e. The molecule has 0 radical (unpaired) electrons. The van der Waals surface area contributed by atoms with Crippen molar-refractivity contribution in [3.8, 4) is 5.75 Å². The molecule has 1 aliphatic rings. The molecule has 0 spiro atoms. The van der Waals surface area contributed by atoms with Crippen LogP contribution in [0, 0.1) is 6.92 Å². The number of ether oxygens (including phenoxy) is 1. The van der Waals surface area contributed by atoms with Gasteiger partial charge in [-0.2, -0.15) is 13.2 Å². The fourth-order valence-electron chi connectivity index (χ4n) is 3.45. The minimum absolute atomic E-state index is 0.0165. The van der Waals surface area contributed by atoms with Gasteiger partial charge in [0.1, 0.15) is 5.75 Å². The van der Waals surface area contributed by atoms with Crippen LogP contribution in [0.3, 0.4) is 0 Å². The molecule has 184 valence electrons. The Bertz CT molecular complexity index is 1370. The number of rotatable bonds is 6. The average Bonchev–Trinajstić information content (AvgIpc) is 3.10. The molecule has 3 aromatic rings. The van der Waals surface area contributed by atoms with E-state index in [9.17, 15) is 22.8 Å². The molecule has 36 heavy (non-hydrogen) atoms. The van der Waals surface area contributed by atoms with E-state index in [0.29, 0.717) is 20.5 Å². The Hall–Kier alpha value is -3.63. The van der Waals surface area contributed by atoms with E-state index in [1.165, 1.54) is 28.8 Å². The molecule has 3 aromatic carbocycles. The van der Waals surface area contributed by atoms with Crippen LogP contribution in [0.25, 0.3) is 6.08 Å². The molecule has 1 heterocycles. The Labute approximate surface area is 214 Å². The number of alkyl halides is 3. The number of nitrogens with one attached hydrogen (secondary N) is 1. The SMILES string of the molecule is Cc1ccccc1N1C(=O)/C(=C/c2cccc(OCC(=O)Nc3cccc(C(F)(F)F)c3)c2)SC1=S. The molecule has 1 aliphatic heterocycles. The monoisotopic (exact) mass is 528 g/mol. The standard InChI is InChI=1S/C26H19F3N2O3S2/c1-16-6-2-3-11-21(16)31-24(33)22(36-25(31)35)13-17-7-4-10-20(12-17)34-15-23(32)30-19-9-5-8-18(14-19)26(27,28)29/h2-14H,15H2,1H3,(H,30,32)/b22-13-. The van der Waals surface area contributed by atoms with Gasteiger partial charge in [-0.25, -0.2) is 0 Å². The molecule has 0 aromatic heterocycles. The van der Waals surface area contributed by atoms with Gasteiger partial charge in [-0.05, 0) is 60.5 Å². The van der Waals surface area contributed by atoms with Gasteiger partial charge < -0.3 is 10.1 Å². The third-order valence-corrected chi connectivity index (χ3v) is 6.45. The quantitative estimate of drug-likeness (QED) is 0.295. The topological polar surface area (TPSA) is 58.6 Å².